The normalized spacial score (nSPS) is 29.3. The van der Waals surface area contributed by atoms with E-state index in [1.807, 2.05) is 0 Å². The van der Waals surface area contributed by atoms with Gasteiger partial charge in [-0.25, -0.2) is 5.84 Å². The monoisotopic (exact) mass is 131 g/mol. The Bertz CT molecular complexity index is 86.3. The quantitative estimate of drug-likeness (QED) is 0.376. The number of nitrogens with two attached hydrogens (primary N) is 1. The van der Waals surface area contributed by atoms with E-state index in [4.69, 9.17) is 10.7 Å². The first-order valence-electron chi connectivity index (χ1n) is 3.12. The fraction of sp³-hybridized carbons (Fsp3) is 1.00. The molecule has 1 atom stereocenters. The highest BCUT2D eigenvalue weighted by Gasteiger charge is 2.19. The van der Waals surface area contributed by atoms with Gasteiger partial charge in [-0.05, 0) is 13.5 Å². The molecule has 4 nitrogen and oxygen atoms in total. The maximum absolute atomic E-state index is 4.96. The molecule has 0 aliphatic carbocycles. The van der Waals surface area contributed by atoms with Gasteiger partial charge < -0.3 is 4.90 Å². The molecule has 4 heteroatoms. The molecule has 0 aromatic rings. The maximum atomic E-state index is 4.96. The smallest absolute Gasteiger partial charge is 0.0945 e. The van der Waals surface area contributed by atoms with Crippen LogP contribution in [0.3, 0.4) is 0 Å². The molecule has 1 saturated heterocycles. The molecule has 3 N–H and O–H groups in total. The van der Waals surface area contributed by atoms with Gasteiger partial charge in [0.05, 0.1) is 6.10 Å². The van der Waals surface area contributed by atoms with Crippen molar-refractivity contribution in [1.29, 1.82) is 0 Å². The Hall–Kier alpha value is -0.160. The van der Waals surface area contributed by atoms with E-state index >= 15 is 0 Å². The van der Waals surface area contributed by atoms with E-state index in [0.29, 0.717) is 0 Å². The molecular weight excluding hydrogens is 118 g/mol. The van der Waals surface area contributed by atoms with Crippen LogP contribution in [-0.4, -0.2) is 31.1 Å². The van der Waals surface area contributed by atoms with Gasteiger partial charge in [-0.15, -0.1) is 5.59 Å². The van der Waals surface area contributed by atoms with E-state index in [2.05, 4.69) is 17.5 Å². The van der Waals surface area contributed by atoms with Gasteiger partial charge in [0.25, 0.3) is 0 Å². The topological polar surface area (TPSA) is 50.5 Å². The van der Waals surface area contributed by atoms with Crippen LogP contribution in [0.25, 0.3) is 0 Å². The minimum absolute atomic E-state index is 0.278. The summed E-state index contributed by atoms with van der Waals surface area (Å²) in [5.41, 5.74) is 2.20. The Kier molecular flexibility index (Phi) is 2.41. The molecule has 1 aliphatic heterocycles. The average molecular weight is 131 g/mol. The van der Waals surface area contributed by atoms with Crippen molar-refractivity contribution in [3.63, 3.8) is 0 Å². The summed E-state index contributed by atoms with van der Waals surface area (Å²) >= 11 is 0. The molecule has 0 aromatic carbocycles. The number of hydrazine groups is 1. The third-order valence-corrected chi connectivity index (χ3v) is 1.58. The number of nitrogens with one attached hydrogen (secondary N) is 1. The van der Waals surface area contributed by atoms with E-state index in [-0.39, 0.29) is 6.10 Å². The van der Waals surface area contributed by atoms with Gasteiger partial charge in [-0.1, -0.05) is 0 Å². The number of hydrogen-bond acceptors (Lipinski definition) is 4. The van der Waals surface area contributed by atoms with Crippen molar-refractivity contribution in [2.45, 2.75) is 12.5 Å². The van der Waals surface area contributed by atoms with Crippen LogP contribution < -0.4 is 11.4 Å². The summed E-state index contributed by atoms with van der Waals surface area (Å²) in [7, 11) is 2.07. The number of nitrogens with zero attached hydrogens (tertiary/aromatic N) is 1. The Morgan fingerprint density at radius 1 is 1.78 bits per heavy atom. The Morgan fingerprint density at radius 2 is 2.56 bits per heavy atom. The molecule has 0 saturated carbocycles. The van der Waals surface area contributed by atoms with Gasteiger partial charge >= 0.3 is 0 Å². The van der Waals surface area contributed by atoms with Crippen LogP contribution in [0.15, 0.2) is 0 Å². The minimum Gasteiger partial charge on any atom is -0.304 e. The van der Waals surface area contributed by atoms with Crippen molar-refractivity contribution in [2.24, 2.45) is 5.84 Å². The second kappa shape index (κ2) is 3.12. The van der Waals surface area contributed by atoms with Gasteiger partial charge in [0.15, 0.2) is 0 Å². The molecule has 1 fully saturated rings. The summed E-state index contributed by atoms with van der Waals surface area (Å²) in [6.07, 6.45) is 1.35. The van der Waals surface area contributed by atoms with Crippen LogP contribution in [0.5, 0.6) is 0 Å². The highest BCUT2D eigenvalue weighted by atomic mass is 16.7. The van der Waals surface area contributed by atoms with Crippen LogP contribution in [0.1, 0.15) is 6.42 Å². The SMILES string of the molecule is CN1CCC(ONN)C1. The standard InChI is InChI=1S/C5H13N3O/c1-8-3-2-5(4-8)9-7-6/h5,7H,2-4,6H2,1H3. The zero-order valence-electron chi connectivity index (χ0n) is 5.63. The van der Waals surface area contributed by atoms with E-state index in [1.165, 1.54) is 0 Å². The number of rotatable bonds is 2. The molecule has 9 heavy (non-hydrogen) atoms. The molecule has 0 bridgehead atoms. The second-order valence-electron chi connectivity index (χ2n) is 2.41. The molecule has 54 valence electrons. The lowest BCUT2D eigenvalue weighted by molar-refractivity contribution is -0.0181. The van der Waals surface area contributed by atoms with Gasteiger partial charge in [-0.2, -0.15) is 0 Å². The summed E-state index contributed by atoms with van der Waals surface area (Å²) in [4.78, 5) is 7.17. The van der Waals surface area contributed by atoms with Gasteiger partial charge in [0.2, 0.25) is 0 Å². The first kappa shape index (κ1) is 6.95. The summed E-state index contributed by atoms with van der Waals surface area (Å²) in [6, 6.07) is 0. The summed E-state index contributed by atoms with van der Waals surface area (Å²) < 4.78 is 0. The third-order valence-electron chi connectivity index (χ3n) is 1.58. The minimum atomic E-state index is 0.278. The lowest BCUT2D eigenvalue weighted by Crippen LogP contribution is -2.30. The van der Waals surface area contributed by atoms with Gasteiger partial charge in [0.1, 0.15) is 0 Å². The van der Waals surface area contributed by atoms with E-state index in [1.54, 1.807) is 0 Å². The second-order valence-corrected chi connectivity index (χ2v) is 2.41. The summed E-state index contributed by atoms with van der Waals surface area (Å²) in [5.74, 6) is 4.96. The molecule has 0 spiro atoms. The van der Waals surface area contributed by atoms with Crippen LogP contribution >= 0.6 is 0 Å². The van der Waals surface area contributed by atoms with E-state index in [9.17, 15) is 0 Å². The van der Waals surface area contributed by atoms with Crippen molar-refractivity contribution >= 4 is 0 Å². The van der Waals surface area contributed by atoms with E-state index in [0.717, 1.165) is 19.5 Å². The first-order chi connectivity index (χ1) is 4.33. The zero-order valence-corrected chi connectivity index (χ0v) is 5.63. The van der Waals surface area contributed by atoms with Crippen LogP contribution in [0, 0.1) is 0 Å². The molecule has 0 amide bonds. The summed E-state index contributed by atoms with van der Waals surface area (Å²) in [6.45, 7) is 2.08. The maximum Gasteiger partial charge on any atom is 0.0945 e. The average Bonchev–Trinajstić information content (AvgIpc) is 2.17. The van der Waals surface area contributed by atoms with E-state index < -0.39 is 0 Å². The largest absolute Gasteiger partial charge is 0.304 e. The Morgan fingerprint density at radius 3 is 3.00 bits per heavy atom. The number of likely N-dealkylation sites (N-methyl/N-ethyl adjacent to an activating group) is 1. The molecule has 1 heterocycles. The van der Waals surface area contributed by atoms with Gasteiger partial charge in [0, 0.05) is 13.1 Å². The molecule has 1 aliphatic rings. The summed E-state index contributed by atoms with van der Waals surface area (Å²) in [5, 5.41) is 0. The molecule has 1 unspecified atom stereocenters. The fourth-order valence-corrected chi connectivity index (χ4v) is 1.09. The molecule has 1 rings (SSSR count). The number of likely N-dealkylation sites (tertiary alicyclic amines) is 1. The molecule has 0 radical (unpaired) electrons. The van der Waals surface area contributed by atoms with Crippen LogP contribution in [0.4, 0.5) is 0 Å². The number of hydrogen-bond donors (Lipinski definition) is 2. The third kappa shape index (κ3) is 1.91. The predicted molar refractivity (Wildman–Crippen MR) is 34.3 cm³/mol. The van der Waals surface area contributed by atoms with Crippen molar-refractivity contribution in [3.8, 4) is 0 Å². The van der Waals surface area contributed by atoms with Crippen molar-refractivity contribution < 1.29 is 4.84 Å². The van der Waals surface area contributed by atoms with Crippen molar-refractivity contribution in [2.75, 3.05) is 20.1 Å². The Balaban J connectivity index is 2.14. The first-order valence-corrected chi connectivity index (χ1v) is 3.12. The van der Waals surface area contributed by atoms with Crippen LogP contribution in [0.2, 0.25) is 0 Å². The fourth-order valence-electron chi connectivity index (χ4n) is 1.09. The predicted octanol–water partition coefficient (Wildman–Crippen LogP) is -0.915. The highest BCUT2D eigenvalue weighted by Crippen LogP contribution is 2.07. The molecular formula is C5H13N3O. The molecule has 0 aromatic heterocycles. The van der Waals surface area contributed by atoms with Crippen molar-refractivity contribution in [3.05, 3.63) is 0 Å². The zero-order chi connectivity index (χ0) is 6.69. The lowest BCUT2D eigenvalue weighted by Gasteiger charge is -2.08. The Labute approximate surface area is 54.9 Å². The van der Waals surface area contributed by atoms with Crippen molar-refractivity contribution in [1.82, 2.24) is 10.5 Å². The highest BCUT2D eigenvalue weighted by molar-refractivity contribution is 4.71. The van der Waals surface area contributed by atoms with Gasteiger partial charge in [-0.3, -0.25) is 4.84 Å². The van der Waals surface area contributed by atoms with Crippen LogP contribution in [-0.2, 0) is 4.84 Å². The lowest BCUT2D eigenvalue weighted by atomic mass is 10.3.